The smallest absolute Gasteiger partial charge is 0.264 e. The van der Waals surface area contributed by atoms with Crippen LogP contribution < -0.4 is 19.7 Å². The second-order valence-corrected chi connectivity index (χ2v) is 20.9. The van der Waals surface area contributed by atoms with Gasteiger partial charge in [-0.05, 0) is 75.0 Å². The number of amides is 3. The van der Waals surface area contributed by atoms with Crippen molar-refractivity contribution in [3.63, 3.8) is 0 Å². The van der Waals surface area contributed by atoms with Gasteiger partial charge in [-0.1, -0.05) is 91.0 Å². The number of ether oxygens (including phenoxy) is 2. The average Bonchev–Trinajstić information content (AvgIpc) is 3.58. The van der Waals surface area contributed by atoms with E-state index in [2.05, 4.69) is 65.1 Å². The van der Waals surface area contributed by atoms with E-state index in [-0.39, 0.29) is 48.8 Å². The number of allylic oxidation sites excluding steroid dienone is 3. The van der Waals surface area contributed by atoms with E-state index in [4.69, 9.17) is 9.47 Å². The number of nitrogens with zero attached hydrogens (tertiary/aromatic N) is 3. The predicted octanol–water partition coefficient (Wildman–Crippen LogP) is 7.10. The van der Waals surface area contributed by atoms with E-state index in [9.17, 15) is 14.7 Å². The van der Waals surface area contributed by atoms with Crippen molar-refractivity contribution in [2.24, 2.45) is 5.92 Å². The lowest BCUT2D eigenvalue weighted by atomic mass is 9.82. The van der Waals surface area contributed by atoms with E-state index in [0.717, 1.165) is 41.1 Å². The Kier molecular flexibility index (Phi) is 12.2. The fourth-order valence-electron chi connectivity index (χ4n) is 8.89. The molecule has 3 heterocycles. The Hall–Kier alpha value is -4.51. The van der Waals surface area contributed by atoms with Gasteiger partial charge in [-0.15, -0.1) is 0 Å². The third-order valence-corrected chi connectivity index (χ3v) is 16.4. The number of rotatable bonds is 15. The molecule has 2 saturated heterocycles. The molecule has 0 bridgehead atoms. The number of methoxy groups -OCH3 is 1. The van der Waals surface area contributed by atoms with Crippen molar-refractivity contribution in [2.45, 2.75) is 90.3 Å². The number of aliphatic hydroxyl groups is 1. The summed E-state index contributed by atoms with van der Waals surface area (Å²) in [5, 5.41) is 11.2. The first-order chi connectivity index (χ1) is 26.3. The summed E-state index contributed by atoms with van der Waals surface area (Å²) >= 11 is 0. The lowest BCUT2D eigenvalue weighted by Gasteiger charge is -2.37. The standard InChI is InChI=1S/C45H57N3O6Si/c1-31(2)12-11-13-32(3)22-24-48-39-21-16-35(47-25-23-41(47)50)28-38(39)45(44(48)52)33(4)43(55(6,7)37-19-17-36(53-5)18-20-37)40(54-45)29-42(51)46(26-27-49)30-34-14-9-8-10-15-34/h8-10,12,14-22,28,33,40,43,49H,11,13,23-27,29-30H2,1-7H3/b32-22+/t33-,40+,43-,45+/m0/s1. The Bertz CT molecular complexity index is 1940. The molecule has 6 rings (SSSR count). The lowest BCUT2D eigenvalue weighted by molar-refractivity contribution is -0.149. The van der Waals surface area contributed by atoms with Crippen LogP contribution in [0.2, 0.25) is 18.6 Å². The van der Waals surface area contributed by atoms with Crippen molar-refractivity contribution in [2.75, 3.05) is 43.2 Å². The molecule has 0 saturated carbocycles. The van der Waals surface area contributed by atoms with Crippen molar-refractivity contribution in [3.05, 3.63) is 107 Å². The fourth-order valence-corrected chi connectivity index (χ4v) is 12.9. The zero-order valence-corrected chi connectivity index (χ0v) is 34.5. The van der Waals surface area contributed by atoms with Crippen LogP contribution in [0.5, 0.6) is 5.75 Å². The molecule has 3 aliphatic rings. The van der Waals surface area contributed by atoms with Crippen molar-refractivity contribution in [1.82, 2.24) is 4.90 Å². The van der Waals surface area contributed by atoms with Crippen molar-refractivity contribution in [3.8, 4) is 5.75 Å². The average molecular weight is 764 g/mol. The first kappa shape index (κ1) is 40.2. The zero-order valence-electron chi connectivity index (χ0n) is 33.5. The van der Waals surface area contributed by atoms with Crippen LogP contribution >= 0.6 is 0 Å². The number of carbonyl (C=O) groups excluding carboxylic acids is 3. The van der Waals surface area contributed by atoms with Gasteiger partial charge >= 0.3 is 0 Å². The van der Waals surface area contributed by atoms with Crippen molar-refractivity contribution >= 4 is 42.4 Å². The number of aliphatic hydroxyl groups excluding tert-OH is 1. The highest BCUT2D eigenvalue weighted by atomic mass is 28.3. The van der Waals surface area contributed by atoms with Gasteiger partial charge in [0.25, 0.3) is 5.91 Å². The van der Waals surface area contributed by atoms with Gasteiger partial charge in [-0.3, -0.25) is 14.4 Å². The maximum atomic E-state index is 15.3. The van der Waals surface area contributed by atoms with Gasteiger partial charge in [0, 0.05) is 49.8 Å². The molecule has 3 amide bonds. The van der Waals surface area contributed by atoms with Crippen molar-refractivity contribution in [1.29, 1.82) is 0 Å². The van der Waals surface area contributed by atoms with E-state index < -0.39 is 19.8 Å². The molecule has 1 spiro atoms. The van der Waals surface area contributed by atoms with Crippen LogP contribution in [-0.2, 0) is 31.3 Å². The van der Waals surface area contributed by atoms with Crippen molar-refractivity contribution < 1.29 is 29.0 Å². The Morgan fingerprint density at radius 3 is 2.38 bits per heavy atom. The summed E-state index contributed by atoms with van der Waals surface area (Å²) in [4.78, 5) is 47.7. The van der Waals surface area contributed by atoms with Gasteiger partial charge in [-0.2, -0.15) is 0 Å². The molecule has 3 aromatic carbocycles. The molecular weight excluding hydrogens is 707 g/mol. The summed E-state index contributed by atoms with van der Waals surface area (Å²) in [5.74, 6) is 0.249. The van der Waals surface area contributed by atoms with Gasteiger partial charge in [0.2, 0.25) is 11.8 Å². The van der Waals surface area contributed by atoms with Gasteiger partial charge in [0.1, 0.15) is 5.75 Å². The summed E-state index contributed by atoms with van der Waals surface area (Å²) in [6.45, 7) is 14.4. The normalized spacial score (nSPS) is 22.2. The minimum Gasteiger partial charge on any atom is -0.497 e. The fraction of sp³-hybridized carbons (Fsp3) is 0.444. The molecule has 4 atom stereocenters. The number of β-lactam (4-membered cyclic amide) rings is 1. The van der Waals surface area contributed by atoms with Crippen LogP contribution in [0.25, 0.3) is 0 Å². The van der Waals surface area contributed by atoms with Crippen LogP contribution in [0, 0.1) is 5.92 Å². The van der Waals surface area contributed by atoms with E-state index in [1.807, 2.05) is 65.6 Å². The maximum Gasteiger partial charge on any atom is 0.264 e. The van der Waals surface area contributed by atoms with E-state index in [1.165, 1.54) is 16.3 Å². The topological polar surface area (TPSA) is 99.6 Å². The second kappa shape index (κ2) is 16.7. The molecule has 10 heteroatoms. The number of fused-ring (bicyclic) bond motifs is 2. The highest BCUT2D eigenvalue weighted by molar-refractivity contribution is 6.91. The van der Waals surface area contributed by atoms with Crippen LogP contribution in [-0.4, -0.2) is 75.3 Å². The number of hydrogen-bond acceptors (Lipinski definition) is 6. The maximum absolute atomic E-state index is 15.3. The first-order valence-electron chi connectivity index (χ1n) is 19.6. The van der Waals surface area contributed by atoms with E-state index in [0.29, 0.717) is 26.1 Å². The molecule has 3 aliphatic heterocycles. The molecule has 0 radical (unpaired) electrons. The molecule has 1 N–H and O–H groups in total. The van der Waals surface area contributed by atoms with Crippen LogP contribution in [0.4, 0.5) is 11.4 Å². The minimum atomic E-state index is -2.53. The summed E-state index contributed by atoms with van der Waals surface area (Å²) in [6.07, 6.45) is 6.17. The highest BCUT2D eigenvalue weighted by Crippen LogP contribution is 2.60. The van der Waals surface area contributed by atoms with Gasteiger partial charge < -0.3 is 29.3 Å². The molecule has 9 nitrogen and oxygen atoms in total. The van der Waals surface area contributed by atoms with E-state index >= 15 is 4.79 Å². The Labute approximate surface area is 327 Å². The summed E-state index contributed by atoms with van der Waals surface area (Å²) in [5.41, 5.74) is 4.24. The largest absolute Gasteiger partial charge is 0.497 e. The third kappa shape index (κ3) is 7.95. The monoisotopic (exact) mass is 763 g/mol. The lowest BCUT2D eigenvalue weighted by Crippen LogP contribution is -2.52. The zero-order chi connectivity index (χ0) is 39.5. The minimum absolute atomic E-state index is 0.0577. The summed E-state index contributed by atoms with van der Waals surface area (Å²) in [6, 6.07) is 23.8. The van der Waals surface area contributed by atoms with Gasteiger partial charge in [-0.25, -0.2) is 0 Å². The molecule has 0 aromatic heterocycles. The van der Waals surface area contributed by atoms with Crippen LogP contribution in [0.15, 0.2) is 96.1 Å². The molecular formula is C45H57N3O6Si. The number of hydrogen-bond donors (Lipinski definition) is 1. The number of carbonyl (C=O) groups is 3. The number of anilines is 2. The van der Waals surface area contributed by atoms with Crippen LogP contribution in [0.1, 0.15) is 64.5 Å². The summed E-state index contributed by atoms with van der Waals surface area (Å²) in [7, 11) is -0.872. The first-order valence-corrected chi connectivity index (χ1v) is 22.7. The Morgan fingerprint density at radius 2 is 1.76 bits per heavy atom. The second-order valence-electron chi connectivity index (χ2n) is 16.2. The molecule has 0 unspecified atom stereocenters. The third-order valence-electron chi connectivity index (χ3n) is 12.0. The molecule has 55 heavy (non-hydrogen) atoms. The molecule has 292 valence electrons. The Morgan fingerprint density at radius 1 is 1.04 bits per heavy atom. The van der Waals surface area contributed by atoms with E-state index in [1.54, 1.807) is 16.9 Å². The van der Waals surface area contributed by atoms with Gasteiger partial charge in [0.15, 0.2) is 5.60 Å². The molecule has 2 fully saturated rings. The molecule has 3 aromatic rings. The van der Waals surface area contributed by atoms with Gasteiger partial charge in [0.05, 0.1) is 40.0 Å². The Balaban J connectivity index is 1.43. The number of benzene rings is 3. The molecule has 0 aliphatic carbocycles. The quantitative estimate of drug-likeness (QED) is 0.101. The predicted molar refractivity (Wildman–Crippen MR) is 221 cm³/mol. The summed E-state index contributed by atoms with van der Waals surface area (Å²) < 4.78 is 12.8. The highest BCUT2D eigenvalue weighted by Gasteiger charge is 2.66. The SMILES string of the molecule is COc1ccc([Si](C)(C)[C@@H]2[C@@H](CC(=O)N(CCO)Cc3ccccc3)O[C@]3(C(=O)N(C/C=C(\C)CCC=C(C)C)c4ccc(N5CCC5=O)cc43)[C@H]2C)cc1. The van der Waals surface area contributed by atoms with Crippen LogP contribution in [0.3, 0.4) is 0 Å².